The minimum atomic E-state index is -0.715. The largest absolute Gasteiger partial charge is 0.378 e. The zero-order valence-corrected chi connectivity index (χ0v) is 27.2. The molecule has 3 heterocycles. The fourth-order valence-corrected chi connectivity index (χ4v) is 6.53. The zero-order chi connectivity index (χ0) is 33.1. The van der Waals surface area contributed by atoms with Crippen molar-refractivity contribution in [3.8, 4) is 0 Å². The van der Waals surface area contributed by atoms with Crippen molar-refractivity contribution >= 4 is 47.4 Å². The fourth-order valence-electron chi connectivity index (χ4n) is 4.99. The summed E-state index contributed by atoms with van der Waals surface area (Å²) < 4.78 is 21.5. The third-order valence-corrected chi connectivity index (χ3v) is 8.96. The Kier molecular flexibility index (Phi) is 17.1. The lowest BCUT2D eigenvalue weighted by Gasteiger charge is -2.18. The van der Waals surface area contributed by atoms with E-state index in [1.165, 1.54) is 0 Å². The molecule has 0 aromatic rings. The van der Waals surface area contributed by atoms with Gasteiger partial charge < -0.3 is 45.1 Å². The van der Waals surface area contributed by atoms with Crippen LogP contribution in [0.15, 0.2) is 0 Å². The van der Waals surface area contributed by atoms with Gasteiger partial charge in [0.2, 0.25) is 11.8 Å². The average Bonchev–Trinajstić information content (AvgIpc) is 3.69. The summed E-state index contributed by atoms with van der Waals surface area (Å²) >= 11 is 1.86. The molecule has 0 spiro atoms. The van der Waals surface area contributed by atoms with Gasteiger partial charge in [0.1, 0.15) is 6.04 Å². The van der Waals surface area contributed by atoms with Gasteiger partial charge in [-0.1, -0.05) is 13.3 Å². The zero-order valence-electron chi connectivity index (χ0n) is 26.4. The topological polar surface area (TPSA) is 200 Å². The van der Waals surface area contributed by atoms with E-state index in [-0.39, 0.29) is 62.4 Å². The number of hydrogen-bond acceptors (Lipinski definition) is 12. The quantitative estimate of drug-likeness (QED) is 0.0598. The van der Waals surface area contributed by atoms with E-state index in [0.717, 1.165) is 25.0 Å². The monoisotopic (exact) mass is 673 g/mol. The number of carbonyl (C=O) groups excluding carboxylic acids is 6. The summed E-state index contributed by atoms with van der Waals surface area (Å²) in [6.07, 6.45) is 3.39. The molecular formula is C29H47N5O11S. The Hall–Kier alpha value is -2.99. The highest BCUT2D eigenvalue weighted by Gasteiger charge is 2.42. The molecule has 17 heteroatoms. The van der Waals surface area contributed by atoms with Crippen molar-refractivity contribution in [2.45, 2.75) is 81.7 Å². The lowest BCUT2D eigenvalue weighted by molar-refractivity contribution is -0.198. The SMILES string of the molecule is CC[C@H](NC(=O)CCCC[C@@H]1SC[C@@H]2NC(=O)N[C@@H]21)C(=O)NCCOCCOCCOCCOCCC(=O)ON1C(=O)CCC1=O. The van der Waals surface area contributed by atoms with Gasteiger partial charge in [-0.15, -0.1) is 5.06 Å². The van der Waals surface area contributed by atoms with Crippen molar-refractivity contribution in [2.24, 2.45) is 0 Å². The van der Waals surface area contributed by atoms with Gasteiger partial charge in [-0.05, 0) is 19.3 Å². The Morgan fingerprint density at radius 1 is 0.870 bits per heavy atom. The Balaban J connectivity index is 1.06. The molecule has 3 saturated heterocycles. The third kappa shape index (κ3) is 13.4. The lowest BCUT2D eigenvalue weighted by Crippen LogP contribution is -2.47. The Morgan fingerprint density at radius 2 is 1.50 bits per heavy atom. The van der Waals surface area contributed by atoms with Crippen LogP contribution in [0, 0.1) is 0 Å². The Morgan fingerprint density at radius 3 is 2.15 bits per heavy atom. The summed E-state index contributed by atoms with van der Waals surface area (Å²) in [6.45, 7) is 4.52. The van der Waals surface area contributed by atoms with Gasteiger partial charge in [-0.3, -0.25) is 19.2 Å². The van der Waals surface area contributed by atoms with E-state index in [4.69, 9.17) is 23.8 Å². The van der Waals surface area contributed by atoms with Gasteiger partial charge in [0.25, 0.3) is 11.8 Å². The number of nitrogens with one attached hydrogen (secondary N) is 4. The third-order valence-electron chi connectivity index (χ3n) is 7.45. The predicted molar refractivity (Wildman–Crippen MR) is 164 cm³/mol. The number of nitrogens with zero attached hydrogens (tertiary/aromatic N) is 1. The number of rotatable bonds is 24. The van der Waals surface area contributed by atoms with E-state index < -0.39 is 23.8 Å². The summed E-state index contributed by atoms with van der Waals surface area (Å²) in [4.78, 5) is 75.5. The maximum absolute atomic E-state index is 12.5. The molecule has 0 aliphatic carbocycles. The first kappa shape index (κ1) is 37.5. The molecule has 0 aromatic carbocycles. The van der Waals surface area contributed by atoms with Crippen molar-refractivity contribution < 1.29 is 52.6 Å². The van der Waals surface area contributed by atoms with Crippen molar-refractivity contribution in [1.82, 2.24) is 26.3 Å². The lowest BCUT2D eigenvalue weighted by atomic mass is 10.0. The van der Waals surface area contributed by atoms with Crippen LogP contribution in [-0.4, -0.2) is 129 Å². The smallest absolute Gasteiger partial charge is 0.335 e. The van der Waals surface area contributed by atoms with Gasteiger partial charge in [0.05, 0.1) is 71.4 Å². The maximum atomic E-state index is 12.5. The number of ether oxygens (including phenoxy) is 4. The summed E-state index contributed by atoms with van der Waals surface area (Å²) in [5.41, 5.74) is 0. The molecule has 6 amide bonds. The predicted octanol–water partition coefficient (Wildman–Crippen LogP) is -0.213. The van der Waals surface area contributed by atoms with Crippen LogP contribution < -0.4 is 21.3 Å². The second-order valence-corrected chi connectivity index (χ2v) is 12.2. The molecule has 16 nitrogen and oxygen atoms in total. The molecule has 46 heavy (non-hydrogen) atoms. The van der Waals surface area contributed by atoms with E-state index in [1.807, 2.05) is 18.7 Å². The van der Waals surface area contributed by atoms with Crippen LogP contribution in [0.3, 0.4) is 0 Å². The number of hydrogen-bond donors (Lipinski definition) is 4. The standard InChI is InChI=1S/C29H47N5O11S/c1-2-20(31-23(35)6-4-3-5-22-27-21(19-46-22)32-29(40)33-27)28(39)30-10-12-42-14-16-44-18-17-43-15-13-41-11-9-26(38)45-34-24(36)7-8-25(34)37/h20-22,27H,2-19H2,1H3,(H,30,39)(H,31,35)(H2,32,33,40)/t20-,21-,22-,27-/m0/s1. The summed E-state index contributed by atoms with van der Waals surface area (Å²) in [7, 11) is 0. The normalized spacial score (nSPS) is 21.1. The van der Waals surface area contributed by atoms with E-state index in [0.29, 0.717) is 69.3 Å². The summed E-state index contributed by atoms with van der Waals surface area (Å²) in [5, 5.41) is 12.4. The average molecular weight is 674 g/mol. The number of unbranched alkanes of at least 4 members (excludes halogenated alkanes) is 1. The number of fused-ring (bicyclic) bond motifs is 1. The minimum Gasteiger partial charge on any atom is -0.378 e. The molecule has 4 N–H and O–H groups in total. The fraction of sp³-hybridized carbons (Fsp3) is 0.793. The van der Waals surface area contributed by atoms with Crippen molar-refractivity contribution in [3.05, 3.63) is 0 Å². The Labute approximate surface area is 273 Å². The highest BCUT2D eigenvalue weighted by Crippen LogP contribution is 2.33. The molecule has 260 valence electrons. The number of imide groups is 1. The number of hydroxylamine groups is 2. The highest BCUT2D eigenvalue weighted by molar-refractivity contribution is 8.00. The van der Waals surface area contributed by atoms with Crippen LogP contribution in [0.2, 0.25) is 0 Å². The molecule has 0 bridgehead atoms. The minimum absolute atomic E-state index is 0.0473. The molecule has 0 aromatic heterocycles. The van der Waals surface area contributed by atoms with Gasteiger partial charge in [-0.2, -0.15) is 11.8 Å². The van der Waals surface area contributed by atoms with Crippen LogP contribution in [0.1, 0.15) is 58.3 Å². The van der Waals surface area contributed by atoms with Crippen molar-refractivity contribution in [2.75, 3.05) is 65.2 Å². The van der Waals surface area contributed by atoms with Crippen LogP contribution in [0.5, 0.6) is 0 Å². The second kappa shape index (κ2) is 21.0. The van der Waals surface area contributed by atoms with E-state index >= 15 is 0 Å². The molecule has 0 saturated carbocycles. The van der Waals surface area contributed by atoms with Gasteiger partial charge in [-0.25, -0.2) is 9.59 Å². The number of thioether (sulfide) groups is 1. The van der Waals surface area contributed by atoms with Gasteiger partial charge in [0, 0.05) is 36.8 Å². The first-order valence-corrected chi connectivity index (χ1v) is 17.0. The highest BCUT2D eigenvalue weighted by atomic mass is 32.2. The van der Waals surface area contributed by atoms with E-state index in [9.17, 15) is 28.8 Å². The van der Waals surface area contributed by atoms with Gasteiger partial charge in [0.15, 0.2) is 0 Å². The van der Waals surface area contributed by atoms with Crippen LogP contribution in [-0.2, 0) is 47.8 Å². The molecule has 3 rings (SSSR count). The molecule has 3 aliphatic heterocycles. The second-order valence-electron chi connectivity index (χ2n) is 10.9. The van der Waals surface area contributed by atoms with Crippen LogP contribution in [0.25, 0.3) is 0 Å². The number of urea groups is 1. The molecule has 0 radical (unpaired) electrons. The van der Waals surface area contributed by atoms with Gasteiger partial charge >= 0.3 is 12.0 Å². The molecule has 3 aliphatic rings. The first-order chi connectivity index (χ1) is 22.3. The maximum Gasteiger partial charge on any atom is 0.335 e. The summed E-state index contributed by atoms with van der Waals surface area (Å²) in [5.74, 6) is -1.24. The molecule has 3 fully saturated rings. The van der Waals surface area contributed by atoms with E-state index in [2.05, 4.69) is 21.3 Å². The number of amides is 6. The Bertz CT molecular complexity index is 1020. The van der Waals surface area contributed by atoms with Crippen molar-refractivity contribution in [3.63, 3.8) is 0 Å². The van der Waals surface area contributed by atoms with Crippen LogP contribution >= 0.6 is 11.8 Å². The molecule has 0 unspecified atom stereocenters. The first-order valence-electron chi connectivity index (χ1n) is 15.9. The van der Waals surface area contributed by atoms with Crippen molar-refractivity contribution in [1.29, 1.82) is 0 Å². The number of carbonyl (C=O) groups is 6. The molecular weight excluding hydrogens is 626 g/mol. The van der Waals surface area contributed by atoms with E-state index in [1.54, 1.807) is 0 Å². The summed E-state index contributed by atoms with van der Waals surface area (Å²) in [6, 6.07) is -0.327. The van der Waals surface area contributed by atoms with Crippen LogP contribution in [0.4, 0.5) is 4.79 Å². The molecule has 4 atom stereocenters.